The third kappa shape index (κ3) is 7.23. The molecule has 2 N–H and O–H groups in total. The molecule has 0 fully saturated rings. The Hall–Kier alpha value is -6.92. The van der Waals surface area contributed by atoms with E-state index in [1.165, 1.54) is 48.5 Å². The summed E-state index contributed by atoms with van der Waals surface area (Å²) < 4.78 is 94.9. The zero-order valence-electron chi connectivity index (χ0n) is 30.8. The van der Waals surface area contributed by atoms with Gasteiger partial charge in [0.25, 0.3) is 0 Å². The zero-order chi connectivity index (χ0) is 41.7. The molecule has 0 unspecified atom stereocenters. The highest BCUT2D eigenvalue weighted by Gasteiger charge is 2.20. The lowest BCUT2D eigenvalue weighted by Crippen LogP contribution is -1.94. The third-order valence-electron chi connectivity index (χ3n) is 10.2. The number of aromatic nitrogens is 4. The van der Waals surface area contributed by atoms with E-state index in [-0.39, 0.29) is 21.2 Å². The molecule has 2 aliphatic rings. The van der Waals surface area contributed by atoms with Gasteiger partial charge in [-0.1, -0.05) is 48.5 Å². The fourth-order valence-corrected chi connectivity index (χ4v) is 8.99. The van der Waals surface area contributed by atoms with Crippen LogP contribution >= 0.6 is 30.7 Å². The van der Waals surface area contributed by atoms with Gasteiger partial charge in [-0.05, 0) is 119 Å². The monoisotopic (exact) mass is 862 g/mol. The van der Waals surface area contributed by atoms with Crippen LogP contribution in [0.3, 0.4) is 0 Å². The minimum atomic E-state index is -2.82. The molecular formula is C44H26N4O8P4. The van der Waals surface area contributed by atoms with Crippen LogP contribution in [0.1, 0.15) is 22.8 Å². The van der Waals surface area contributed by atoms with Gasteiger partial charge in [0, 0.05) is 44.3 Å². The largest absolute Gasteiger partial charge is 0.354 e. The van der Waals surface area contributed by atoms with Gasteiger partial charge in [-0.3, -0.25) is 0 Å². The fraction of sp³-hybridized carbons (Fsp3) is 0. The maximum absolute atomic E-state index is 11.9. The van der Waals surface area contributed by atoms with Crippen LogP contribution in [0.25, 0.3) is 90.9 Å². The quantitative estimate of drug-likeness (QED) is 0.139. The van der Waals surface area contributed by atoms with E-state index >= 15 is 0 Å². The molecule has 3 aromatic heterocycles. The maximum Gasteiger partial charge on any atom is 0.348 e. The van der Waals surface area contributed by atoms with Crippen molar-refractivity contribution in [1.29, 1.82) is 0 Å². The van der Waals surface area contributed by atoms with E-state index in [0.29, 0.717) is 89.4 Å². The van der Waals surface area contributed by atoms with E-state index in [2.05, 4.69) is 9.97 Å². The van der Waals surface area contributed by atoms with Crippen molar-refractivity contribution in [2.24, 2.45) is 0 Å². The number of hydrogen-bond donors (Lipinski definition) is 2. The van der Waals surface area contributed by atoms with E-state index in [9.17, 15) is 36.5 Å². The molecule has 4 aromatic carbocycles. The number of rotatable bonds is 8. The van der Waals surface area contributed by atoms with Crippen molar-refractivity contribution < 1.29 is 36.5 Å². The highest BCUT2D eigenvalue weighted by molar-refractivity contribution is 7.41. The molecule has 8 bridgehead atoms. The van der Waals surface area contributed by atoms with Crippen molar-refractivity contribution in [2.45, 2.75) is 0 Å². The third-order valence-corrected chi connectivity index (χ3v) is 13.1. The molecule has 0 aliphatic carbocycles. The van der Waals surface area contributed by atoms with Crippen molar-refractivity contribution >= 4 is 98.3 Å². The Kier molecular flexibility index (Phi) is 10.1. The molecule has 2 aliphatic heterocycles. The Bertz CT molecular complexity index is 2980. The molecule has 7 aromatic rings. The Morgan fingerprint density at radius 2 is 0.483 bits per heavy atom. The molecule has 0 amide bonds. The summed E-state index contributed by atoms with van der Waals surface area (Å²) in [6.07, 6.45) is 7.43. The summed E-state index contributed by atoms with van der Waals surface area (Å²) in [5.41, 5.74) is 10.1. The molecule has 0 saturated carbocycles. The van der Waals surface area contributed by atoms with Crippen LogP contribution < -0.4 is 21.2 Å². The van der Waals surface area contributed by atoms with Crippen molar-refractivity contribution in [3.8, 4) is 44.5 Å². The first-order chi connectivity index (χ1) is 29.0. The second kappa shape index (κ2) is 15.7. The van der Waals surface area contributed by atoms with E-state index < -0.39 is 30.7 Å². The van der Waals surface area contributed by atoms with Crippen molar-refractivity contribution in [2.75, 3.05) is 0 Å². The standard InChI is InChI=1S/C44H26N4O8P4/c49-57(50)29-9-1-25(2-10-29)41-33-17-19-35(45-33)42(26-3-11-30(12-4-26)58(51)52)37-21-23-39(47-37)44(28-7-15-32(16-8-28)60(55)56)40-24-22-38(48-40)43(36-20-18-34(41)46-36)27-5-13-31(14-6-27)59(53)54/h1-24,45,48H. The normalized spacial score (nSPS) is 11.7. The number of fused-ring (bicyclic) bond motifs is 8. The predicted molar refractivity (Wildman–Crippen MR) is 232 cm³/mol. The van der Waals surface area contributed by atoms with Crippen LogP contribution in [0.15, 0.2) is 121 Å². The summed E-state index contributed by atoms with van der Waals surface area (Å²) in [6, 6.07) is 33.5. The first-order valence-electron chi connectivity index (χ1n) is 18.2. The number of nitrogens with zero attached hydrogens (tertiary/aromatic N) is 2. The van der Waals surface area contributed by atoms with Gasteiger partial charge in [-0.2, -0.15) is 0 Å². The Balaban J connectivity index is 1.44. The van der Waals surface area contributed by atoms with Crippen molar-refractivity contribution in [3.63, 3.8) is 0 Å². The summed E-state index contributed by atoms with van der Waals surface area (Å²) >= 11 is 0. The highest BCUT2D eigenvalue weighted by Crippen LogP contribution is 2.38. The Morgan fingerprint density at radius 3 is 0.667 bits per heavy atom. The van der Waals surface area contributed by atoms with Gasteiger partial charge in [-0.15, -0.1) is 0 Å². The summed E-state index contributed by atoms with van der Waals surface area (Å²) in [6.45, 7) is 0. The number of H-pyrrole nitrogens is 2. The molecule has 9 rings (SSSR count). The summed E-state index contributed by atoms with van der Waals surface area (Å²) in [4.78, 5) is 17.4. The van der Waals surface area contributed by atoms with E-state index in [1.807, 2.05) is 48.6 Å². The van der Waals surface area contributed by atoms with Gasteiger partial charge in [0.15, 0.2) is 0 Å². The maximum atomic E-state index is 11.9. The number of benzene rings is 4. The van der Waals surface area contributed by atoms with E-state index in [4.69, 9.17) is 9.97 Å². The van der Waals surface area contributed by atoms with Crippen LogP contribution in [0.5, 0.6) is 0 Å². The molecule has 0 radical (unpaired) electrons. The van der Waals surface area contributed by atoms with Crippen LogP contribution in [-0.4, -0.2) is 19.9 Å². The summed E-state index contributed by atoms with van der Waals surface area (Å²) in [5.74, 6) is 0. The fourth-order valence-electron chi connectivity index (χ4n) is 7.42. The van der Waals surface area contributed by atoms with Gasteiger partial charge in [-0.25, -0.2) is 46.5 Å². The smallest absolute Gasteiger partial charge is 0.348 e. The first kappa shape index (κ1) is 38.6. The second-order valence-electron chi connectivity index (χ2n) is 13.7. The average Bonchev–Trinajstić information content (AvgIpc) is 4.10. The number of aromatic amines is 2. The number of nitrogens with one attached hydrogen (secondary N) is 2. The second-order valence-corrected chi connectivity index (χ2v) is 17.8. The first-order valence-corrected chi connectivity index (χ1v) is 22.9. The average molecular weight is 863 g/mol. The summed E-state index contributed by atoms with van der Waals surface area (Å²) in [5, 5.41) is 0.601. The lowest BCUT2D eigenvalue weighted by atomic mass is 10.0. The van der Waals surface area contributed by atoms with Crippen molar-refractivity contribution in [3.05, 3.63) is 144 Å². The summed E-state index contributed by atoms with van der Waals surface area (Å²) in [7, 11) is -11.3. The van der Waals surface area contributed by atoms with Gasteiger partial charge in [0.1, 0.15) is 0 Å². The van der Waals surface area contributed by atoms with E-state index in [0.717, 1.165) is 0 Å². The van der Waals surface area contributed by atoms with Crippen LogP contribution in [0.2, 0.25) is 0 Å². The van der Waals surface area contributed by atoms with Gasteiger partial charge in [0.2, 0.25) is 0 Å². The molecule has 290 valence electrons. The number of hydrogen-bond acceptors (Lipinski definition) is 10. The van der Waals surface area contributed by atoms with Crippen LogP contribution in [0.4, 0.5) is 0 Å². The molecule has 60 heavy (non-hydrogen) atoms. The molecule has 12 nitrogen and oxygen atoms in total. The van der Waals surface area contributed by atoms with Crippen molar-refractivity contribution in [1.82, 2.24) is 19.9 Å². The van der Waals surface area contributed by atoms with Gasteiger partial charge in [0.05, 0.1) is 44.0 Å². The molecular weight excluding hydrogens is 836 g/mol. The van der Waals surface area contributed by atoms with Gasteiger partial charge < -0.3 is 9.97 Å². The highest BCUT2D eigenvalue weighted by atomic mass is 31.1. The molecule has 0 saturated heterocycles. The molecule has 5 heterocycles. The Morgan fingerprint density at radius 1 is 0.283 bits per heavy atom. The molecule has 0 spiro atoms. The molecule has 16 heteroatoms. The minimum absolute atomic E-state index is 0.150. The minimum Gasteiger partial charge on any atom is -0.354 e. The SMILES string of the molecule is O=P(=O)c1ccc(-c2c3nc(c(-c4ccc(P(=O)=O)cc4)c4ccc([nH]4)c(-c4ccc(P(=O)=O)cc4)c4nc(c(-c5ccc(P(=O)=O)cc5)c5ccc2[nH]5)C=C4)C=C3)cc1. The lowest BCUT2D eigenvalue weighted by Gasteiger charge is -2.07. The molecule has 0 atom stereocenters. The van der Waals surface area contributed by atoms with E-state index in [1.54, 1.807) is 48.5 Å². The lowest BCUT2D eigenvalue weighted by molar-refractivity contribution is 0.521. The predicted octanol–water partition coefficient (Wildman–Crippen LogP) is 10.5. The van der Waals surface area contributed by atoms with Gasteiger partial charge >= 0.3 is 30.7 Å². The van der Waals surface area contributed by atoms with Crippen LogP contribution in [0, 0.1) is 0 Å². The zero-order valence-corrected chi connectivity index (χ0v) is 34.4. The van der Waals surface area contributed by atoms with Crippen LogP contribution in [-0.2, 0) is 36.5 Å². The topological polar surface area (TPSA) is 194 Å². The Labute approximate surface area is 342 Å².